The van der Waals surface area contributed by atoms with Crippen LogP contribution in [0, 0.1) is 6.92 Å². The van der Waals surface area contributed by atoms with Crippen LogP contribution >= 0.6 is 11.6 Å². The molecule has 0 spiro atoms. The highest BCUT2D eigenvalue weighted by atomic mass is 35.5. The van der Waals surface area contributed by atoms with Gasteiger partial charge in [0.15, 0.2) is 0 Å². The summed E-state index contributed by atoms with van der Waals surface area (Å²) >= 11 is 5.88. The van der Waals surface area contributed by atoms with Crippen LogP contribution in [0.3, 0.4) is 0 Å². The van der Waals surface area contributed by atoms with E-state index in [2.05, 4.69) is 39.3 Å². The maximum atomic E-state index is 5.88. The molecule has 0 aliphatic rings. The Morgan fingerprint density at radius 1 is 1.21 bits per heavy atom. The molecule has 0 fully saturated rings. The van der Waals surface area contributed by atoms with Crippen LogP contribution < -0.4 is 10.2 Å². The van der Waals surface area contributed by atoms with Crippen LogP contribution in [0.4, 0.5) is 11.9 Å². The lowest BCUT2D eigenvalue weighted by molar-refractivity contribution is 0.850. The van der Waals surface area contributed by atoms with Crippen LogP contribution in [0.25, 0.3) is 0 Å². The zero-order valence-corrected chi connectivity index (χ0v) is 11.9. The first-order valence-electron chi connectivity index (χ1n) is 5.95. The monoisotopic (exact) mass is 277 g/mol. The average Bonchev–Trinajstić information content (AvgIpc) is 2.40. The predicted octanol–water partition coefficient (Wildman–Crippen LogP) is 2.51. The van der Waals surface area contributed by atoms with Gasteiger partial charge in [-0.2, -0.15) is 15.0 Å². The van der Waals surface area contributed by atoms with E-state index in [0.717, 1.165) is 6.54 Å². The molecule has 0 unspecified atom stereocenters. The third-order valence-electron chi connectivity index (χ3n) is 2.83. The van der Waals surface area contributed by atoms with E-state index in [1.54, 1.807) is 7.05 Å². The highest BCUT2D eigenvalue weighted by molar-refractivity contribution is 6.28. The van der Waals surface area contributed by atoms with Crippen LogP contribution in [-0.2, 0) is 6.54 Å². The summed E-state index contributed by atoms with van der Waals surface area (Å²) in [6.07, 6.45) is 0. The van der Waals surface area contributed by atoms with Gasteiger partial charge in [0.25, 0.3) is 0 Å². The molecule has 2 rings (SSSR count). The van der Waals surface area contributed by atoms with Gasteiger partial charge in [0.1, 0.15) is 0 Å². The Labute approximate surface area is 117 Å². The molecule has 0 saturated carbocycles. The summed E-state index contributed by atoms with van der Waals surface area (Å²) in [7, 11) is 3.67. The minimum Gasteiger partial charge on any atom is -0.357 e. The normalized spacial score (nSPS) is 10.3. The molecule has 1 aromatic heterocycles. The summed E-state index contributed by atoms with van der Waals surface area (Å²) in [5, 5.41) is 3.05. The van der Waals surface area contributed by atoms with Crippen LogP contribution in [0.1, 0.15) is 11.1 Å². The summed E-state index contributed by atoms with van der Waals surface area (Å²) in [6, 6.07) is 8.23. The van der Waals surface area contributed by atoms with Crippen molar-refractivity contribution < 1.29 is 0 Å². The minimum atomic E-state index is 0.186. The second kappa shape index (κ2) is 5.84. The molecule has 2 aromatic rings. The second-order valence-corrected chi connectivity index (χ2v) is 4.60. The summed E-state index contributed by atoms with van der Waals surface area (Å²) in [5.41, 5.74) is 2.47. The van der Waals surface area contributed by atoms with E-state index < -0.39 is 0 Å². The van der Waals surface area contributed by atoms with Crippen molar-refractivity contribution in [2.45, 2.75) is 13.5 Å². The van der Waals surface area contributed by atoms with Gasteiger partial charge >= 0.3 is 0 Å². The third kappa shape index (κ3) is 3.32. The van der Waals surface area contributed by atoms with Crippen molar-refractivity contribution in [3.8, 4) is 0 Å². The molecule has 0 aliphatic heterocycles. The molecular formula is C13H16ClN5. The fraction of sp³-hybridized carbons (Fsp3) is 0.308. The zero-order valence-electron chi connectivity index (χ0n) is 11.2. The zero-order chi connectivity index (χ0) is 13.8. The van der Waals surface area contributed by atoms with E-state index >= 15 is 0 Å². The fourth-order valence-corrected chi connectivity index (χ4v) is 1.89. The number of hydrogen-bond acceptors (Lipinski definition) is 5. The van der Waals surface area contributed by atoms with Gasteiger partial charge in [0.05, 0.1) is 0 Å². The van der Waals surface area contributed by atoms with Crippen LogP contribution in [0.5, 0.6) is 0 Å². The van der Waals surface area contributed by atoms with Crippen LogP contribution in [-0.4, -0.2) is 29.0 Å². The van der Waals surface area contributed by atoms with Crippen molar-refractivity contribution in [2.24, 2.45) is 0 Å². The van der Waals surface area contributed by atoms with Crippen molar-refractivity contribution in [1.82, 2.24) is 15.0 Å². The molecule has 5 nitrogen and oxygen atoms in total. The molecule has 0 amide bonds. The molecule has 0 bridgehead atoms. The molecule has 1 aromatic carbocycles. The smallest absolute Gasteiger partial charge is 0.231 e. The Balaban J connectivity index is 2.22. The van der Waals surface area contributed by atoms with Gasteiger partial charge in [-0.3, -0.25) is 0 Å². The largest absolute Gasteiger partial charge is 0.357 e. The summed E-state index contributed by atoms with van der Waals surface area (Å²) in [4.78, 5) is 14.3. The van der Waals surface area contributed by atoms with Gasteiger partial charge < -0.3 is 10.2 Å². The van der Waals surface area contributed by atoms with Crippen molar-refractivity contribution in [3.05, 3.63) is 40.7 Å². The molecule has 1 heterocycles. The maximum Gasteiger partial charge on any atom is 0.231 e. The highest BCUT2D eigenvalue weighted by Crippen LogP contribution is 2.16. The Morgan fingerprint density at radius 3 is 2.63 bits per heavy atom. The maximum absolute atomic E-state index is 5.88. The van der Waals surface area contributed by atoms with E-state index in [1.807, 2.05) is 24.1 Å². The van der Waals surface area contributed by atoms with Crippen molar-refractivity contribution in [3.63, 3.8) is 0 Å². The lowest BCUT2D eigenvalue weighted by atomic mass is 10.1. The molecular weight excluding hydrogens is 262 g/mol. The summed E-state index contributed by atoms with van der Waals surface area (Å²) in [6.45, 7) is 2.80. The van der Waals surface area contributed by atoms with Crippen molar-refractivity contribution in [2.75, 3.05) is 24.3 Å². The van der Waals surface area contributed by atoms with E-state index in [4.69, 9.17) is 11.6 Å². The number of benzene rings is 1. The second-order valence-electron chi connectivity index (χ2n) is 4.26. The van der Waals surface area contributed by atoms with Gasteiger partial charge in [0, 0.05) is 20.6 Å². The quantitative estimate of drug-likeness (QED) is 0.931. The number of halogens is 1. The topological polar surface area (TPSA) is 53.9 Å². The van der Waals surface area contributed by atoms with E-state index in [-0.39, 0.29) is 5.28 Å². The SMILES string of the molecule is CNc1nc(Cl)nc(N(C)Cc2ccccc2C)n1. The fourth-order valence-electron chi connectivity index (χ4n) is 1.74. The standard InChI is InChI=1S/C13H16ClN5/c1-9-6-4-5-7-10(9)8-19(3)13-17-11(14)16-12(15-2)18-13/h4-7H,8H2,1-3H3,(H,15,16,17,18). The lowest BCUT2D eigenvalue weighted by Crippen LogP contribution is -2.20. The predicted molar refractivity (Wildman–Crippen MR) is 77.7 cm³/mol. The first kappa shape index (κ1) is 13.5. The molecule has 1 N–H and O–H groups in total. The Hall–Kier alpha value is -1.88. The van der Waals surface area contributed by atoms with Crippen molar-refractivity contribution >= 4 is 23.5 Å². The van der Waals surface area contributed by atoms with Crippen LogP contribution in [0.15, 0.2) is 24.3 Å². The van der Waals surface area contributed by atoms with E-state index in [0.29, 0.717) is 11.9 Å². The van der Waals surface area contributed by atoms with Gasteiger partial charge in [-0.05, 0) is 29.7 Å². The number of nitrogens with zero attached hydrogens (tertiary/aromatic N) is 4. The van der Waals surface area contributed by atoms with E-state index in [1.165, 1.54) is 11.1 Å². The first-order valence-corrected chi connectivity index (χ1v) is 6.33. The molecule has 19 heavy (non-hydrogen) atoms. The Kier molecular flexibility index (Phi) is 4.16. The van der Waals surface area contributed by atoms with Crippen LogP contribution in [0.2, 0.25) is 5.28 Å². The number of nitrogens with one attached hydrogen (secondary N) is 1. The number of anilines is 2. The summed E-state index contributed by atoms with van der Waals surface area (Å²) < 4.78 is 0. The number of aryl methyl sites for hydroxylation is 1. The lowest BCUT2D eigenvalue weighted by Gasteiger charge is -2.18. The molecule has 0 aliphatic carbocycles. The molecule has 6 heteroatoms. The highest BCUT2D eigenvalue weighted by Gasteiger charge is 2.10. The molecule has 100 valence electrons. The Morgan fingerprint density at radius 2 is 1.95 bits per heavy atom. The molecule has 0 saturated heterocycles. The average molecular weight is 278 g/mol. The summed E-state index contributed by atoms with van der Waals surface area (Å²) in [5.74, 6) is 1.01. The van der Waals surface area contributed by atoms with Gasteiger partial charge in [-0.25, -0.2) is 0 Å². The minimum absolute atomic E-state index is 0.186. The van der Waals surface area contributed by atoms with E-state index in [9.17, 15) is 0 Å². The van der Waals surface area contributed by atoms with Gasteiger partial charge in [-0.15, -0.1) is 0 Å². The Bertz CT molecular complexity index is 573. The number of hydrogen-bond donors (Lipinski definition) is 1. The number of aromatic nitrogens is 3. The van der Waals surface area contributed by atoms with Gasteiger partial charge in [0.2, 0.25) is 17.2 Å². The number of rotatable bonds is 4. The first-order chi connectivity index (χ1) is 9.10. The van der Waals surface area contributed by atoms with Crippen molar-refractivity contribution in [1.29, 1.82) is 0 Å². The van der Waals surface area contributed by atoms with Gasteiger partial charge in [-0.1, -0.05) is 24.3 Å². The molecule has 0 atom stereocenters. The molecule has 0 radical (unpaired) electrons. The third-order valence-corrected chi connectivity index (χ3v) is 3.00.